The lowest BCUT2D eigenvalue weighted by Crippen LogP contribution is -2.11. The van der Waals surface area contributed by atoms with E-state index in [2.05, 4.69) is 60.4 Å². The van der Waals surface area contributed by atoms with Crippen molar-refractivity contribution < 1.29 is 4.39 Å². The number of nitriles is 1. The molecule has 6 rings (SSSR count). The highest BCUT2D eigenvalue weighted by Gasteiger charge is 2.19. The van der Waals surface area contributed by atoms with Crippen LogP contribution in [0.1, 0.15) is 11.1 Å². The van der Waals surface area contributed by atoms with E-state index in [0.29, 0.717) is 5.69 Å². The van der Waals surface area contributed by atoms with Gasteiger partial charge in [0.1, 0.15) is 11.9 Å². The molecule has 0 spiro atoms. The fourth-order valence-electron chi connectivity index (χ4n) is 4.86. The van der Waals surface area contributed by atoms with Gasteiger partial charge >= 0.3 is 0 Å². The third kappa shape index (κ3) is 2.92. The number of rotatable bonds is 3. The van der Waals surface area contributed by atoms with E-state index in [-0.39, 0.29) is 5.56 Å². The highest BCUT2D eigenvalue weighted by molar-refractivity contribution is 6.26. The number of anilines is 3. The molecule has 0 N–H and O–H groups in total. The van der Waals surface area contributed by atoms with Crippen LogP contribution in [0.3, 0.4) is 0 Å². The van der Waals surface area contributed by atoms with Gasteiger partial charge in [-0.3, -0.25) is 0 Å². The second-order valence-corrected chi connectivity index (χ2v) is 8.34. The van der Waals surface area contributed by atoms with Crippen LogP contribution >= 0.6 is 0 Å². The molecule has 0 atom stereocenters. The first-order valence-electron chi connectivity index (χ1n) is 10.9. The van der Waals surface area contributed by atoms with Crippen molar-refractivity contribution in [3.8, 4) is 6.07 Å². The summed E-state index contributed by atoms with van der Waals surface area (Å²) in [6.45, 7) is 2.14. The lowest BCUT2D eigenvalue weighted by atomic mass is 9.91. The highest BCUT2D eigenvalue weighted by atomic mass is 19.1. The summed E-state index contributed by atoms with van der Waals surface area (Å²) in [4.78, 5) is 2.06. The summed E-state index contributed by atoms with van der Waals surface area (Å²) >= 11 is 0. The van der Waals surface area contributed by atoms with Crippen LogP contribution in [0, 0.1) is 24.1 Å². The zero-order valence-electron chi connectivity index (χ0n) is 18.0. The molecule has 6 aromatic carbocycles. The normalized spacial score (nSPS) is 11.3. The van der Waals surface area contributed by atoms with Crippen LogP contribution in [-0.2, 0) is 0 Å². The first-order valence-corrected chi connectivity index (χ1v) is 10.9. The van der Waals surface area contributed by atoms with Gasteiger partial charge in [0.25, 0.3) is 0 Å². The van der Waals surface area contributed by atoms with Crippen LogP contribution < -0.4 is 4.90 Å². The van der Waals surface area contributed by atoms with Gasteiger partial charge in [-0.25, -0.2) is 4.39 Å². The van der Waals surface area contributed by atoms with Crippen molar-refractivity contribution in [1.29, 1.82) is 5.26 Å². The largest absolute Gasteiger partial charge is 0.310 e. The van der Waals surface area contributed by atoms with Gasteiger partial charge in [-0.1, -0.05) is 60.7 Å². The Labute approximate surface area is 191 Å². The summed E-state index contributed by atoms with van der Waals surface area (Å²) in [5, 5.41) is 16.4. The molecule has 0 saturated carbocycles. The van der Waals surface area contributed by atoms with Crippen molar-refractivity contribution in [1.82, 2.24) is 0 Å². The first kappa shape index (κ1) is 19.3. The molecule has 0 bridgehead atoms. The summed E-state index contributed by atoms with van der Waals surface area (Å²) in [5.41, 5.74) is 3.85. The van der Waals surface area contributed by atoms with Gasteiger partial charge in [-0.2, -0.15) is 5.26 Å². The van der Waals surface area contributed by atoms with E-state index < -0.39 is 5.82 Å². The predicted octanol–water partition coefficient (Wildman–Crippen LogP) is 8.37. The number of hydrogen-bond acceptors (Lipinski definition) is 2. The smallest absolute Gasteiger partial charge is 0.143 e. The molecule has 0 heterocycles. The SMILES string of the molecule is Cc1ccc2ccc3c(N(c4ccccc4)c4ccc(C#N)c(F)c4)ccc4ccc1c2c43. The van der Waals surface area contributed by atoms with Crippen molar-refractivity contribution in [2.24, 2.45) is 0 Å². The standard InChI is InChI=1S/C30H19FN2/c1-19-7-8-20-11-15-26-28(16-12-21-10-14-25(19)29(20)30(21)26)33(23-5-3-2-4-6-23)24-13-9-22(18-32)27(31)17-24/h2-17H,1H3. The summed E-state index contributed by atoms with van der Waals surface area (Å²) in [5.74, 6) is -0.524. The maximum Gasteiger partial charge on any atom is 0.143 e. The Morgan fingerprint density at radius 3 is 2.09 bits per heavy atom. The fourth-order valence-corrected chi connectivity index (χ4v) is 4.86. The Morgan fingerprint density at radius 2 is 1.36 bits per heavy atom. The lowest BCUT2D eigenvalue weighted by Gasteiger charge is -2.28. The number of halogens is 1. The molecular weight excluding hydrogens is 407 g/mol. The van der Waals surface area contributed by atoms with E-state index in [1.165, 1.54) is 38.6 Å². The Kier molecular flexibility index (Phi) is 4.28. The average molecular weight is 426 g/mol. The molecule has 2 nitrogen and oxygen atoms in total. The molecule has 0 amide bonds. The molecule has 6 aromatic rings. The molecule has 0 radical (unpaired) electrons. The Hall–Kier alpha value is -4.42. The number of hydrogen-bond donors (Lipinski definition) is 0. The van der Waals surface area contributed by atoms with Crippen molar-refractivity contribution in [2.75, 3.05) is 4.90 Å². The minimum absolute atomic E-state index is 0.0395. The van der Waals surface area contributed by atoms with Crippen LogP contribution in [-0.4, -0.2) is 0 Å². The Bertz CT molecular complexity index is 1700. The van der Waals surface area contributed by atoms with E-state index in [9.17, 15) is 9.65 Å². The maximum atomic E-state index is 14.7. The number of aryl methyl sites for hydroxylation is 1. The second-order valence-electron chi connectivity index (χ2n) is 8.34. The Balaban J connectivity index is 1.70. The summed E-state index contributed by atoms with van der Waals surface area (Å²) in [7, 11) is 0. The summed E-state index contributed by atoms with van der Waals surface area (Å²) in [6.07, 6.45) is 0. The van der Waals surface area contributed by atoms with Gasteiger partial charge in [0, 0.05) is 16.8 Å². The van der Waals surface area contributed by atoms with Crippen LogP contribution in [0.5, 0.6) is 0 Å². The lowest BCUT2D eigenvalue weighted by molar-refractivity contribution is 0.624. The molecule has 0 aliphatic heterocycles. The van der Waals surface area contributed by atoms with Crippen molar-refractivity contribution in [3.05, 3.63) is 114 Å². The minimum Gasteiger partial charge on any atom is -0.310 e. The third-order valence-electron chi connectivity index (χ3n) is 6.45. The summed E-state index contributed by atoms with van der Waals surface area (Å²) < 4.78 is 14.7. The second kappa shape index (κ2) is 7.32. The van der Waals surface area contributed by atoms with E-state index in [0.717, 1.165) is 16.8 Å². The molecule has 0 saturated heterocycles. The van der Waals surface area contributed by atoms with Crippen molar-refractivity contribution in [2.45, 2.75) is 6.92 Å². The van der Waals surface area contributed by atoms with Crippen molar-refractivity contribution in [3.63, 3.8) is 0 Å². The van der Waals surface area contributed by atoms with Gasteiger partial charge in [0.15, 0.2) is 0 Å². The predicted molar refractivity (Wildman–Crippen MR) is 134 cm³/mol. The fraction of sp³-hybridized carbons (Fsp3) is 0.0333. The molecular formula is C30H19FN2. The van der Waals surface area contributed by atoms with Gasteiger partial charge in [-0.05, 0) is 75.8 Å². The maximum absolute atomic E-state index is 14.7. The average Bonchev–Trinajstić information content (AvgIpc) is 2.85. The van der Waals surface area contributed by atoms with E-state index in [1.54, 1.807) is 12.1 Å². The number of para-hydroxylation sites is 1. The number of benzene rings is 6. The molecule has 0 aromatic heterocycles. The number of nitrogens with zero attached hydrogens (tertiary/aromatic N) is 2. The summed E-state index contributed by atoms with van der Waals surface area (Å²) in [6, 6.07) is 33.9. The van der Waals surface area contributed by atoms with Crippen molar-refractivity contribution >= 4 is 49.4 Å². The van der Waals surface area contributed by atoms with E-state index in [4.69, 9.17) is 0 Å². The highest BCUT2D eigenvalue weighted by Crippen LogP contribution is 2.44. The van der Waals surface area contributed by atoms with E-state index >= 15 is 0 Å². The van der Waals surface area contributed by atoms with Gasteiger partial charge in [0.05, 0.1) is 11.3 Å². The topological polar surface area (TPSA) is 27.0 Å². The first-order chi connectivity index (χ1) is 16.2. The zero-order valence-corrected chi connectivity index (χ0v) is 18.0. The zero-order chi connectivity index (χ0) is 22.5. The molecule has 0 fully saturated rings. The van der Waals surface area contributed by atoms with Gasteiger partial charge < -0.3 is 4.90 Å². The molecule has 33 heavy (non-hydrogen) atoms. The molecule has 0 unspecified atom stereocenters. The van der Waals surface area contributed by atoms with Gasteiger partial charge in [0.2, 0.25) is 0 Å². The molecule has 0 aliphatic rings. The monoisotopic (exact) mass is 426 g/mol. The van der Waals surface area contributed by atoms with Crippen LogP contribution in [0.15, 0.2) is 97.1 Å². The Morgan fingerprint density at radius 1 is 0.697 bits per heavy atom. The quantitative estimate of drug-likeness (QED) is 0.266. The minimum atomic E-state index is -0.524. The molecule has 0 aliphatic carbocycles. The molecule has 156 valence electrons. The third-order valence-corrected chi connectivity index (χ3v) is 6.45. The van der Waals surface area contributed by atoms with E-state index in [1.807, 2.05) is 36.4 Å². The molecule has 3 heteroatoms. The van der Waals surface area contributed by atoms with Crippen LogP contribution in [0.4, 0.5) is 21.5 Å². The van der Waals surface area contributed by atoms with Crippen LogP contribution in [0.2, 0.25) is 0 Å². The van der Waals surface area contributed by atoms with Gasteiger partial charge in [-0.15, -0.1) is 0 Å². The van der Waals surface area contributed by atoms with Crippen LogP contribution in [0.25, 0.3) is 32.3 Å².